The number of ether oxygens (including phenoxy) is 1. The van der Waals surface area contributed by atoms with Gasteiger partial charge in [0, 0.05) is 37.6 Å². The van der Waals surface area contributed by atoms with Crippen LogP contribution in [0.25, 0.3) is 0 Å². The number of piperidine rings is 1. The number of aryl methyl sites for hydroxylation is 1. The van der Waals surface area contributed by atoms with E-state index in [2.05, 4.69) is 19.9 Å². The van der Waals surface area contributed by atoms with E-state index in [4.69, 9.17) is 4.74 Å². The van der Waals surface area contributed by atoms with Crippen molar-refractivity contribution >= 4 is 5.91 Å². The molecule has 148 valence electrons. The second-order valence-corrected chi connectivity index (χ2v) is 7.57. The molecule has 0 saturated carbocycles. The predicted molar refractivity (Wildman–Crippen MR) is 105 cm³/mol. The summed E-state index contributed by atoms with van der Waals surface area (Å²) in [5.74, 6) is 1.83. The number of likely N-dealkylation sites (tertiary alicyclic amines) is 2. The molecule has 2 saturated heterocycles. The van der Waals surface area contributed by atoms with Crippen molar-refractivity contribution in [2.45, 2.75) is 38.5 Å². The smallest absolute Gasteiger partial charge is 0.241 e. The van der Waals surface area contributed by atoms with Crippen molar-refractivity contribution in [2.75, 3.05) is 32.7 Å². The summed E-state index contributed by atoms with van der Waals surface area (Å²) < 4.78 is 6.04. The predicted octanol–water partition coefficient (Wildman–Crippen LogP) is 2.77. The first kappa shape index (κ1) is 18.8. The highest BCUT2D eigenvalue weighted by molar-refractivity contribution is 5.78. The van der Waals surface area contributed by atoms with E-state index in [9.17, 15) is 4.79 Å². The first-order valence-corrected chi connectivity index (χ1v) is 10.1. The summed E-state index contributed by atoms with van der Waals surface area (Å²) >= 11 is 0. The van der Waals surface area contributed by atoms with Gasteiger partial charge in [-0.1, -0.05) is 0 Å². The van der Waals surface area contributed by atoms with Crippen molar-refractivity contribution < 1.29 is 9.53 Å². The van der Waals surface area contributed by atoms with Gasteiger partial charge in [-0.05, 0) is 57.8 Å². The number of hydrogen-bond acceptors (Lipinski definition) is 6. The lowest BCUT2D eigenvalue weighted by Gasteiger charge is -2.32. The summed E-state index contributed by atoms with van der Waals surface area (Å²) in [4.78, 5) is 29.9. The van der Waals surface area contributed by atoms with Gasteiger partial charge in [0.2, 0.25) is 11.8 Å². The first-order chi connectivity index (χ1) is 13.7. The van der Waals surface area contributed by atoms with Crippen LogP contribution in [-0.2, 0) is 4.79 Å². The first-order valence-electron chi connectivity index (χ1n) is 10.1. The molecule has 7 nitrogen and oxygen atoms in total. The fourth-order valence-electron chi connectivity index (χ4n) is 4.00. The van der Waals surface area contributed by atoms with Crippen LogP contribution in [0.5, 0.6) is 11.6 Å². The Morgan fingerprint density at radius 2 is 1.82 bits per heavy atom. The molecule has 0 N–H and O–H groups in total. The van der Waals surface area contributed by atoms with Gasteiger partial charge in [-0.15, -0.1) is 0 Å². The molecular formula is C21H27N5O2. The van der Waals surface area contributed by atoms with Gasteiger partial charge in [-0.25, -0.2) is 4.98 Å². The lowest BCUT2D eigenvalue weighted by molar-refractivity contribution is -0.131. The van der Waals surface area contributed by atoms with Crippen molar-refractivity contribution in [1.82, 2.24) is 24.8 Å². The zero-order valence-electron chi connectivity index (χ0n) is 16.4. The summed E-state index contributed by atoms with van der Waals surface area (Å²) in [6.45, 7) is 6.08. The summed E-state index contributed by atoms with van der Waals surface area (Å²) in [5.41, 5.74) is 1.73. The monoisotopic (exact) mass is 381 g/mol. The van der Waals surface area contributed by atoms with E-state index in [-0.39, 0.29) is 5.91 Å². The number of rotatable bonds is 5. The summed E-state index contributed by atoms with van der Waals surface area (Å²) in [6.07, 6.45) is 9.32. The third-order valence-electron chi connectivity index (χ3n) is 5.65. The van der Waals surface area contributed by atoms with Crippen LogP contribution in [0.15, 0.2) is 30.7 Å². The number of aromatic nitrogens is 3. The highest BCUT2D eigenvalue weighted by Gasteiger charge is 2.27. The van der Waals surface area contributed by atoms with Gasteiger partial charge in [0.1, 0.15) is 5.69 Å². The fourth-order valence-corrected chi connectivity index (χ4v) is 4.00. The van der Waals surface area contributed by atoms with Crippen LogP contribution < -0.4 is 4.74 Å². The van der Waals surface area contributed by atoms with Gasteiger partial charge in [0.15, 0.2) is 5.75 Å². The number of hydrogen-bond donors (Lipinski definition) is 0. The van der Waals surface area contributed by atoms with Crippen LogP contribution in [0.4, 0.5) is 0 Å². The molecule has 2 aliphatic rings. The highest BCUT2D eigenvalue weighted by Crippen LogP contribution is 2.33. The molecule has 2 aromatic rings. The Bertz CT molecular complexity index is 814. The minimum absolute atomic E-state index is 0.270. The van der Waals surface area contributed by atoms with Crippen molar-refractivity contribution in [3.8, 4) is 11.6 Å². The van der Waals surface area contributed by atoms with E-state index < -0.39 is 0 Å². The zero-order valence-corrected chi connectivity index (χ0v) is 16.4. The van der Waals surface area contributed by atoms with E-state index in [1.54, 1.807) is 18.6 Å². The SMILES string of the molecule is Cc1ncccc1Oc1nccnc1C1CCN(CC(=O)N2CCCC2)CC1. The lowest BCUT2D eigenvalue weighted by Crippen LogP contribution is -2.42. The number of pyridine rings is 1. The maximum Gasteiger partial charge on any atom is 0.241 e. The van der Waals surface area contributed by atoms with Crippen LogP contribution in [0.2, 0.25) is 0 Å². The molecule has 0 bridgehead atoms. The maximum absolute atomic E-state index is 12.4. The quantitative estimate of drug-likeness (QED) is 0.793. The van der Waals surface area contributed by atoms with Crippen LogP contribution in [0.3, 0.4) is 0 Å². The Balaban J connectivity index is 1.38. The van der Waals surface area contributed by atoms with E-state index in [1.807, 2.05) is 24.0 Å². The molecule has 0 spiro atoms. The van der Waals surface area contributed by atoms with Crippen molar-refractivity contribution in [2.24, 2.45) is 0 Å². The molecular weight excluding hydrogens is 354 g/mol. The summed E-state index contributed by atoms with van der Waals surface area (Å²) in [5, 5.41) is 0. The largest absolute Gasteiger partial charge is 0.435 e. The summed E-state index contributed by atoms with van der Waals surface area (Å²) in [6, 6.07) is 3.75. The molecule has 0 atom stereocenters. The molecule has 4 heterocycles. The Morgan fingerprint density at radius 1 is 1.07 bits per heavy atom. The third kappa shape index (κ3) is 4.30. The van der Waals surface area contributed by atoms with E-state index in [0.29, 0.717) is 24.1 Å². The fraction of sp³-hybridized carbons (Fsp3) is 0.524. The van der Waals surface area contributed by atoms with E-state index in [0.717, 1.165) is 63.3 Å². The standard InChI is InChI=1S/C21H27N5O2/c1-16-18(5-4-8-22-16)28-21-20(23-9-10-24-21)17-6-13-25(14-7-17)15-19(27)26-11-2-3-12-26/h4-5,8-10,17H,2-3,6-7,11-15H2,1H3. The van der Waals surface area contributed by atoms with Crippen molar-refractivity contribution in [3.05, 3.63) is 42.1 Å². The topological polar surface area (TPSA) is 71.5 Å². The number of nitrogens with zero attached hydrogens (tertiary/aromatic N) is 5. The van der Waals surface area contributed by atoms with Gasteiger partial charge in [-0.3, -0.25) is 19.7 Å². The van der Waals surface area contributed by atoms with E-state index >= 15 is 0 Å². The molecule has 2 aliphatic heterocycles. The molecule has 2 aromatic heterocycles. The molecule has 4 rings (SSSR count). The molecule has 0 radical (unpaired) electrons. The molecule has 0 unspecified atom stereocenters. The number of carbonyl (C=O) groups excluding carboxylic acids is 1. The molecule has 7 heteroatoms. The Kier molecular flexibility index (Phi) is 5.81. The molecule has 1 amide bonds. The Labute approximate surface area is 165 Å². The van der Waals surface area contributed by atoms with Gasteiger partial charge in [0.25, 0.3) is 0 Å². The van der Waals surface area contributed by atoms with Crippen molar-refractivity contribution in [3.63, 3.8) is 0 Å². The Morgan fingerprint density at radius 3 is 2.57 bits per heavy atom. The van der Waals surface area contributed by atoms with Crippen LogP contribution >= 0.6 is 0 Å². The van der Waals surface area contributed by atoms with Crippen molar-refractivity contribution in [1.29, 1.82) is 0 Å². The average molecular weight is 381 g/mol. The van der Waals surface area contributed by atoms with Gasteiger partial charge >= 0.3 is 0 Å². The van der Waals surface area contributed by atoms with Gasteiger partial charge in [0.05, 0.1) is 12.2 Å². The normalized spacial score (nSPS) is 18.4. The molecule has 0 aliphatic carbocycles. The number of amides is 1. The third-order valence-corrected chi connectivity index (χ3v) is 5.65. The second-order valence-electron chi connectivity index (χ2n) is 7.57. The van der Waals surface area contributed by atoms with E-state index in [1.165, 1.54) is 0 Å². The summed E-state index contributed by atoms with van der Waals surface area (Å²) in [7, 11) is 0. The highest BCUT2D eigenvalue weighted by atomic mass is 16.5. The van der Waals surface area contributed by atoms with Gasteiger partial charge in [-0.2, -0.15) is 0 Å². The maximum atomic E-state index is 12.4. The Hall–Kier alpha value is -2.54. The van der Waals surface area contributed by atoms with Crippen LogP contribution in [-0.4, -0.2) is 63.4 Å². The lowest BCUT2D eigenvalue weighted by atomic mass is 9.93. The molecule has 28 heavy (non-hydrogen) atoms. The minimum Gasteiger partial charge on any atom is -0.435 e. The molecule has 0 aromatic carbocycles. The minimum atomic E-state index is 0.270. The number of carbonyl (C=O) groups is 1. The molecule has 2 fully saturated rings. The van der Waals surface area contributed by atoms with Crippen LogP contribution in [0, 0.1) is 6.92 Å². The zero-order chi connectivity index (χ0) is 19.3. The average Bonchev–Trinajstić information content (AvgIpc) is 3.26. The van der Waals surface area contributed by atoms with Crippen LogP contribution in [0.1, 0.15) is 43.0 Å². The van der Waals surface area contributed by atoms with Gasteiger partial charge < -0.3 is 9.64 Å². The second kappa shape index (κ2) is 8.65.